The molecule has 1 N–H and O–H groups in total. The van der Waals surface area contributed by atoms with Gasteiger partial charge in [0.25, 0.3) is 5.91 Å². The highest BCUT2D eigenvalue weighted by atomic mass is 16.5. The van der Waals surface area contributed by atoms with Gasteiger partial charge in [-0.05, 0) is 60.9 Å². The average Bonchev–Trinajstić information content (AvgIpc) is 2.90. The van der Waals surface area contributed by atoms with Crippen LogP contribution in [0.15, 0.2) is 97.1 Å². The molecule has 0 fully saturated rings. The van der Waals surface area contributed by atoms with Crippen molar-refractivity contribution in [3.8, 4) is 16.9 Å². The molecule has 0 spiro atoms. The van der Waals surface area contributed by atoms with Crippen molar-refractivity contribution in [2.45, 2.75) is 32.9 Å². The van der Waals surface area contributed by atoms with Crippen LogP contribution in [0, 0.1) is 6.92 Å². The van der Waals surface area contributed by atoms with Crippen LogP contribution in [-0.4, -0.2) is 12.5 Å². The number of nitrogens with one attached hydrogen (secondary N) is 1. The van der Waals surface area contributed by atoms with Gasteiger partial charge in [-0.15, -0.1) is 0 Å². The lowest BCUT2D eigenvalue weighted by molar-refractivity contribution is 0.0974. The lowest BCUT2D eigenvalue weighted by atomic mass is 9.97. The summed E-state index contributed by atoms with van der Waals surface area (Å²) in [6.07, 6.45) is 1.61. The Bertz CT molecular complexity index is 1320. The molecular formula is C31H30N2O2. The lowest BCUT2D eigenvalue weighted by Gasteiger charge is -2.38. The first-order valence-corrected chi connectivity index (χ1v) is 12.2. The third-order valence-corrected chi connectivity index (χ3v) is 6.41. The minimum atomic E-state index is -0.415. The summed E-state index contributed by atoms with van der Waals surface area (Å²) in [5, 5.41) is 3.64. The van der Waals surface area contributed by atoms with Crippen LogP contribution in [0.5, 0.6) is 5.75 Å². The SMILES string of the molecule is CCCCOc1ccc(-c2ccc(C)cc2)cc1C1Nc2ccccc2C(=O)N1c1ccccc1. The van der Waals surface area contributed by atoms with Crippen molar-refractivity contribution in [3.63, 3.8) is 0 Å². The summed E-state index contributed by atoms with van der Waals surface area (Å²) in [7, 11) is 0. The Morgan fingerprint density at radius 2 is 1.57 bits per heavy atom. The molecule has 0 aliphatic carbocycles. The highest BCUT2D eigenvalue weighted by Crippen LogP contribution is 2.41. The largest absolute Gasteiger partial charge is 0.493 e. The maximum atomic E-state index is 13.8. The van der Waals surface area contributed by atoms with E-state index in [4.69, 9.17) is 4.74 Å². The maximum absolute atomic E-state index is 13.8. The van der Waals surface area contributed by atoms with Gasteiger partial charge in [-0.3, -0.25) is 9.69 Å². The van der Waals surface area contributed by atoms with Gasteiger partial charge < -0.3 is 10.1 Å². The topological polar surface area (TPSA) is 41.6 Å². The van der Waals surface area contributed by atoms with Gasteiger partial charge in [0.2, 0.25) is 0 Å². The molecule has 1 atom stereocenters. The van der Waals surface area contributed by atoms with Crippen LogP contribution in [0.2, 0.25) is 0 Å². The number of fused-ring (bicyclic) bond motifs is 1. The minimum Gasteiger partial charge on any atom is -0.493 e. The molecule has 0 radical (unpaired) electrons. The van der Waals surface area contributed by atoms with Crippen LogP contribution in [0.1, 0.15) is 47.4 Å². The summed E-state index contributed by atoms with van der Waals surface area (Å²) in [5.41, 5.74) is 6.70. The summed E-state index contributed by atoms with van der Waals surface area (Å²) in [6, 6.07) is 32.3. The molecule has 0 saturated carbocycles. The van der Waals surface area contributed by atoms with Crippen molar-refractivity contribution in [3.05, 3.63) is 114 Å². The number of carbonyl (C=O) groups excluding carboxylic acids is 1. The molecule has 35 heavy (non-hydrogen) atoms. The molecule has 4 nitrogen and oxygen atoms in total. The first-order chi connectivity index (χ1) is 17.2. The molecule has 1 aliphatic heterocycles. The zero-order valence-electron chi connectivity index (χ0n) is 20.2. The number of nitrogens with zero attached hydrogens (tertiary/aromatic N) is 1. The number of ether oxygens (including phenoxy) is 1. The highest BCUT2D eigenvalue weighted by molar-refractivity contribution is 6.12. The van der Waals surface area contributed by atoms with Gasteiger partial charge in [0.05, 0.1) is 12.2 Å². The molecule has 5 rings (SSSR count). The Kier molecular flexibility index (Phi) is 6.53. The Morgan fingerprint density at radius 3 is 2.34 bits per heavy atom. The van der Waals surface area contributed by atoms with Crippen molar-refractivity contribution in [1.82, 2.24) is 0 Å². The Balaban J connectivity index is 1.65. The molecule has 1 unspecified atom stereocenters. The third kappa shape index (κ3) is 4.65. The van der Waals surface area contributed by atoms with Crippen molar-refractivity contribution >= 4 is 17.3 Å². The number of para-hydroxylation sites is 2. The van der Waals surface area contributed by atoms with E-state index in [9.17, 15) is 4.79 Å². The third-order valence-electron chi connectivity index (χ3n) is 6.41. The number of carbonyl (C=O) groups is 1. The summed E-state index contributed by atoms with van der Waals surface area (Å²) in [6.45, 7) is 4.88. The fraction of sp³-hybridized carbons (Fsp3) is 0.194. The minimum absolute atomic E-state index is 0.0317. The molecule has 1 amide bonds. The van der Waals surface area contributed by atoms with E-state index in [0.717, 1.165) is 46.7 Å². The first-order valence-electron chi connectivity index (χ1n) is 12.2. The summed E-state index contributed by atoms with van der Waals surface area (Å²) < 4.78 is 6.27. The smallest absolute Gasteiger partial charge is 0.262 e. The second-order valence-electron chi connectivity index (χ2n) is 8.92. The van der Waals surface area contributed by atoms with Gasteiger partial charge in [0.1, 0.15) is 11.9 Å². The molecule has 4 aromatic carbocycles. The molecule has 0 saturated heterocycles. The fourth-order valence-electron chi connectivity index (χ4n) is 4.47. The lowest BCUT2D eigenvalue weighted by Crippen LogP contribution is -2.43. The Labute approximate surface area is 207 Å². The molecule has 0 aromatic heterocycles. The van der Waals surface area contributed by atoms with Crippen LogP contribution in [-0.2, 0) is 0 Å². The molecule has 4 aromatic rings. The number of hydrogen-bond acceptors (Lipinski definition) is 3. The quantitative estimate of drug-likeness (QED) is 0.287. The van der Waals surface area contributed by atoms with Gasteiger partial charge >= 0.3 is 0 Å². The number of unbranched alkanes of at least 4 members (excludes halogenated alkanes) is 1. The van der Waals surface area contributed by atoms with Crippen LogP contribution in [0.25, 0.3) is 11.1 Å². The van der Waals surface area contributed by atoms with Crippen LogP contribution >= 0.6 is 0 Å². The van der Waals surface area contributed by atoms with Crippen LogP contribution in [0.4, 0.5) is 11.4 Å². The number of anilines is 2. The van der Waals surface area contributed by atoms with Gasteiger partial charge in [0.15, 0.2) is 0 Å². The van der Waals surface area contributed by atoms with Crippen molar-refractivity contribution in [2.24, 2.45) is 0 Å². The van der Waals surface area contributed by atoms with Crippen LogP contribution in [0.3, 0.4) is 0 Å². The van der Waals surface area contributed by atoms with E-state index in [1.807, 2.05) is 65.6 Å². The second-order valence-corrected chi connectivity index (χ2v) is 8.92. The monoisotopic (exact) mass is 462 g/mol. The van der Waals surface area contributed by atoms with E-state index in [1.54, 1.807) is 0 Å². The average molecular weight is 463 g/mol. The molecular weight excluding hydrogens is 432 g/mol. The Morgan fingerprint density at radius 1 is 0.857 bits per heavy atom. The first kappa shape index (κ1) is 22.7. The second kappa shape index (κ2) is 10.1. The summed E-state index contributed by atoms with van der Waals surface area (Å²) in [5.74, 6) is 0.760. The van der Waals surface area contributed by atoms with E-state index in [2.05, 4.69) is 55.6 Å². The van der Waals surface area contributed by atoms with E-state index < -0.39 is 6.17 Å². The highest BCUT2D eigenvalue weighted by Gasteiger charge is 2.35. The number of aryl methyl sites for hydroxylation is 1. The predicted octanol–water partition coefficient (Wildman–Crippen LogP) is 7.61. The molecule has 4 heteroatoms. The van der Waals surface area contributed by atoms with E-state index in [0.29, 0.717) is 12.2 Å². The zero-order valence-corrected chi connectivity index (χ0v) is 20.2. The number of hydrogen-bond donors (Lipinski definition) is 1. The van der Waals surface area contributed by atoms with E-state index in [1.165, 1.54) is 5.56 Å². The Hall–Kier alpha value is -4.05. The maximum Gasteiger partial charge on any atom is 0.262 e. The van der Waals surface area contributed by atoms with Crippen molar-refractivity contribution in [2.75, 3.05) is 16.8 Å². The van der Waals surface area contributed by atoms with Crippen LogP contribution < -0.4 is 15.0 Å². The van der Waals surface area contributed by atoms with Gasteiger partial charge in [-0.25, -0.2) is 0 Å². The number of benzene rings is 4. The standard InChI is InChI=1S/C31H30N2O2/c1-3-4-20-35-29-19-18-24(23-16-14-22(2)15-17-23)21-27(29)30-32-28-13-9-8-12-26(28)31(34)33(30)25-10-6-5-7-11-25/h5-19,21,30,32H,3-4,20H2,1-2H3. The molecule has 176 valence electrons. The van der Waals surface area contributed by atoms with Gasteiger partial charge in [-0.1, -0.05) is 79.6 Å². The summed E-state index contributed by atoms with van der Waals surface area (Å²) >= 11 is 0. The predicted molar refractivity (Wildman–Crippen MR) is 143 cm³/mol. The van der Waals surface area contributed by atoms with Gasteiger partial charge in [0, 0.05) is 16.9 Å². The van der Waals surface area contributed by atoms with E-state index in [-0.39, 0.29) is 5.91 Å². The zero-order chi connectivity index (χ0) is 24.2. The number of rotatable bonds is 7. The van der Waals surface area contributed by atoms with Crippen molar-refractivity contribution < 1.29 is 9.53 Å². The number of amides is 1. The van der Waals surface area contributed by atoms with E-state index >= 15 is 0 Å². The molecule has 1 heterocycles. The normalized spacial score (nSPS) is 14.9. The summed E-state index contributed by atoms with van der Waals surface area (Å²) in [4.78, 5) is 15.6. The molecule has 1 aliphatic rings. The molecule has 0 bridgehead atoms. The van der Waals surface area contributed by atoms with Gasteiger partial charge in [-0.2, -0.15) is 0 Å². The van der Waals surface area contributed by atoms with Crippen molar-refractivity contribution in [1.29, 1.82) is 0 Å². The fourth-order valence-corrected chi connectivity index (χ4v) is 4.47.